The van der Waals surface area contributed by atoms with Crippen LogP contribution in [0.4, 0.5) is 18.9 Å². The van der Waals surface area contributed by atoms with Crippen LogP contribution in [0.15, 0.2) is 61.1 Å². The molecule has 4 rings (SSSR count). The summed E-state index contributed by atoms with van der Waals surface area (Å²) in [6.07, 6.45) is 4.50. The quantitative estimate of drug-likeness (QED) is 0.481. The molecule has 1 aromatic heterocycles. The van der Waals surface area contributed by atoms with Crippen molar-refractivity contribution in [2.45, 2.75) is 37.5 Å². The summed E-state index contributed by atoms with van der Waals surface area (Å²) in [5.41, 5.74) is -2.55. The van der Waals surface area contributed by atoms with E-state index in [9.17, 15) is 21.6 Å². The fourth-order valence-electron chi connectivity index (χ4n) is 4.35. The minimum Gasteiger partial charge on any atom is -0.497 e. The molecule has 2 aromatic carbocycles. The average Bonchev–Trinajstić information content (AvgIpc) is 3.17. The maximum absolute atomic E-state index is 13.6. The second-order valence-corrected chi connectivity index (χ2v) is 10.5. The lowest BCUT2D eigenvalue weighted by molar-refractivity contribution is -0.0492. The zero-order chi connectivity index (χ0) is 25.2. The molecule has 188 valence electrons. The first-order valence-electron chi connectivity index (χ1n) is 11.1. The number of aromatic nitrogens is 2. The second-order valence-electron chi connectivity index (χ2n) is 8.57. The van der Waals surface area contributed by atoms with E-state index in [1.807, 2.05) is 48.5 Å². The van der Waals surface area contributed by atoms with Crippen molar-refractivity contribution in [1.29, 1.82) is 0 Å². The van der Waals surface area contributed by atoms with Crippen molar-refractivity contribution in [2.75, 3.05) is 18.6 Å². The normalized spacial score (nSPS) is 17.2. The van der Waals surface area contributed by atoms with Gasteiger partial charge in [-0.1, -0.05) is 36.4 Å². The van der Waals surface area contributed by atoms with Crippen molar-refractivity contribution < 1.29 is 26.3 Å². The minimum atomic E-state index is -5.53. The van der Waals surface area contributed by atoms with Crippen LogP contribution in [0.5, 0.6) is 5.75 Å². The Bertz CT molecular complexity index is 1260. The van der Waals surface area contributed by atoms with Crippen LogP contribution in [0.2, 0.25) is 0 Å². The third-order valence-corrected chi connectivity index (χ3v) is 7.68. The third-order valence-electron chi connectivity index (χ3n) is 6.14. The summed E-state index contributed by atoms with van der Waals surface area (Å²) in [6, 6.07) is 14.0. The van der Waals surface area contributed by atoms with E-state index in [1.165, 1.54) is 7.11 Å². The van der Waals surface area contributed by atoms with Gasteiger partial charge in [-0.15, -0.1) is 0 Å². The minimum absolute atomic E-state index is 0.306. The van der Waals surface area contributed by atoms with Gasteiger partial charge in [0.25, 0.3) is 0 Å². The van der Waals surface area contributed by atoms with Crippen molar-refractivity contribution in [3.63, 3.8) is 0 Å². The highest BCUT2D eigenvalue weighted by Gasteiger charge is 2.51. The summed E-state index contributed by atoms with van der Waals surface area (Å²) in [4.78, 5) is 6.35. The van der Waals surface area contributed by atoms with E-state index >= 15 is 0 Å². The van der Waals surface area contributed by atoms with Crippen LogP contribution in [-0.4, -0.2) is 47.5 Å². The number of fused-ring (bicyclic) bond motifs is 1. The fourth-order valence-corrected chi connectivity index (χ4v) is 5.32. The molecule has 1 aliphatic rings. The number of ether oxygens (including phenoxy) is 1. The number of benzene rings is 2. The summed E-state index contributed by atoms with van der Waals surface area (Å²) >= 11 is 0. The van der Waals surface area contributed by atoms with Gasteiger partial charge in [0, 0.05) is 44.1 Å². The van der Waals surface area contributed by atoms with Crippen LogP contribution in [0.25, 0.3) is 0 Å². The number of imidazole rings is 1. The molecule has 0 N–H and O–H groups in total. The number of methoxy groups -OCH3 is 1. The van der Waals surface area contributed by atoms with Crippen molar-refractivity contribution in [1.82, 2.24) is 13.9 Å². The highest BCUT2D eigenvalue weighted by molar-refractivity contribution is 7.89. The monoisotopic (exact) mass is 508 g/mol. The predicted molar refractivity (Wildman–Crippen MR) is 126 cm³/mol. The van der Waals surface area contributed by atoms with Gasteiger partial charge >= 0.3 is 15.5 Å². The van der Waals surface area contributed by atoms with Gasteiger partial charge in [-0.05, 0) is 30.0 Å². The molecule has 0 saturated heterocycles. The van der Waals surface area contributed by atoms with Gasteiger partial charge in [-0.3, -0.25) is 0 Å². The van der Waals surface area contributed by atoms with Crippen LogP contribution >= 0.6 is 0 Å². The Morgan fingerprint density at radius 2 is 1.89 bits per heavy atom. The van der Waals surface area contributed by atoms with Crippen molar-refractivity contribution in [2.24, 2.45) is 7.05 Å². The average molecular weight is 509 g/mol. The van der Waals surface area contributed by atoms with Crippen LogP contribution < -0.4 is 9.64 Å². The number of rotatable bonds is 7. The molecule has 1 atom stereocenters. The molecule has 2 heterocycles. The second kappa shape index (κ2) is 9.90. The van der Waals surface area contributed by atoms with Crippen molar-refractivity contribution >= 4 is 15.7 Å². The van der Waals surface area contributed by atoms with Crippen LogP contribution in [0, 0.1) is 0 Å². The highest BCUT2D eigenvalue weighted by atomic mass is 32.2. The summed E-state index contributed by atoms with van der Waals surface area (Å²) < 4.78 is 73.5. The number of hydrogen-bond donors (Lipinski definition) is 0. The summed E-state index contributed by atoms with van der Waals surface area (Å²) in [6.45, 7) is -0.388. The zero-order valence-electron chi connectivity index (χ0n) is 19.4. The Balaban J connectivity index is 1.79. The van der Waals surface area contributed by atoms with Gasteiger partial charge in [0.15, 0.2) is 0 Å². The highest BCUT2D eigenvalue weighted by Crippen LogP contribution is 2.37. The van der Waals surface area contributed by atoms with E-state index in [0.717, 1.165) is 11.3 Å². The Morgan fingerprint density at radius 1 is 1.14 bits per heavy atom. The van der Waals surface area contributed by atoms with E-state index in [-0.39, 0.29) is 13.1 Å². The van der Waals surface area contributed by atoms with Crippen LogP contribution in [-0.2, 0) is 36.6 Å². The molecule has 0 spiro atoms. The van der Waals surface area contributed by atoms with Gasteiger partial charge in [0.1, 0.15) is 5.75 Å². The topological polar surface area (TPSA) is 67.7 Å². The third kappa shape index (κ3) is 5.46. The SMILES string of the molecule is COc1ccc2c(c1)N(Cc1cn(C)cn1)C(CCc1ccccc1)CN(S(=O)(=O)C(F)(F)F)C2. The lowest BCUT2D eigenvalue weighted by atomic mass is 10.0. The number of hydrogen-bond acceptors (Lipinski definition) is 5. The first-order valence-corrected chi connectivity index (χ1v) is 12.5. The molecular weight excluding hydrogens is 481 g/mol. The summed E-state index contributed by atoms with van der Waals surface area (Å²) in [5, 5.41) is 0. The van der Waals surface area contributed by atoms with E-state index in [1.54, 1.807) is 29.1 Å². The van der Waals surface area contributed by atoms with Crippen molar-refractivity contribution in [3.05, 3.63) is 77.9 Å². The number of nitrogens with zero attached hydrogens (tertiary/aromatic N) is 4. The molecule has 0 amide bonds. The van der Waals surface area contributed by atoms with Gasteiger partial charge < -0.3 is 14.2 Å². The van der Waals surface area contributed by atoms with Gasteiger partial charge in [0.05, 0.1) is 25.7 Å². The fraction of sp³-hybridized carbons (Fsp3) is 0.375. The molecule has 0 aliphatic carbocycles. The molecule has 1 unspecified atom stereocenters. The van der Waals surface area contributed by atoms with Gasteiger partial charge in [-0.2, -0.15) is 17.5 Å². The zero-order valence-corrected chi connectivity index (χ0v) is 20.3. The first kappa shape index (κ1) is 25.1. The number of halogens is 3. The molecule has 11 heteroatoms. The Kier molecular flexibility index (Phi) is 7.09. The molecule has 35 heavy (non-hydrogen) atoms. The number of alkyl halides is 3. The standard InChI is InChI=1S/C24H27F3N4O3S/c1-29-14-20(28-17-29)15-31-21(10-8-18-6-4-3-5-7-18)16-30(35(32,33)24(25,26)27)13-19-9-11-22(34-2)12-23(19)31/h3-7,9,11-12,14,17,21H,8,10,13,15-16H2,1-2H3. The van der Waals surface area contributed by atoms with Gasteiger partial charge in [0.2, 0.25) is 0 Å². The number of anilines is 1. The Labute approximate surface area is 202 Å². The molecule has 3 aromatic rings. The van der Waals surface area contributed by atoms with E-state index < -0.39 is 21.6 Å². The molecule has 0 radical (unpaired) electrons. The van der Waals surface area contributed by atoms with E-state index in [2.05, 4.69) is 4.98 Å². The number of aryl methyl sites for hydroxylation is 2. The molecule has 0 fully saturated rings. The van der Waals surface area contributed by atoms with Crippen molar-refractivity contribution in [3.8, 4) is 5.75 Å². The maximum atomic E-state index is 13.6. The smallest absolute Gasteiger partial charge is 0.497 e. The number of sulfonamides is 1. The van der Waals surface area contributed by atoms with Gasteiger partial charge in [-0.25, -0.2) is 13.4 Å². The molecule has 0 bridgehead atoms. The predicted octanol–water partition coefficient (Wildman–Crippen LogP) is 4.10. The van der Waals surface area contributed by atoms with Crippen LogP contribution in [0.1, 0.15) is 23.2 Å². The Hall–Kier alpha value is -3.05. The molecule has 7 nitrogen and oxygen atoms in total. The van der Waals surface area contributed by atoms with E-state index in [0.29, 0.717) is 40.7 Å². The molecule has 0 saturated carbocycles. The largest absolute Gasteiger partial charge is 0.511 e. The maximum Gasteiger partial charge on any atom is 0.511 e. The van der Waals surface area contributed by atoms with Crippen LogP contribution in [0.3, 0.4) is 0 Å². The summed E-state index contributed by atoms with van der Waals surface area (Å²) in [7, 11) is -2.19. The molecule has 1 aliphatic heterocycles. The first-order chi connectivity index (χ1) is 16.6. The lowest BCUT2D eigenvalue weighted by Crippen LogP contribution is -2.47. The Morgan fingerprint density at radius 3 is 2.51 bits per heavy atom. The van der Waals surface area contributed by atoms with E-state index in [4.69, 9.17) is 4.74 Å². The summed E-state index contributed by atoms with van der Waals surface area (Å²) in [5.74, 6) is 0.531. The lowest BCUT2D eigenvalue weighted by Gasteiger charge is -2.34. The molecular formula is C24H27F3N4O3S.